The molecule has 1 aliphatic rings. The van der Waals surface area contributed by atoms with Crippen LogP contribution in [0.4, 0.5) is 13.2 Å². The minimum absolute atomic E-state index is 0.0142. The summed E-state index contributed by atoms with van der Waals surface area (Å²) < 4.78 is 81.1. The van der Waals surface area contributed by atoms with Crippen LogP contribution in [0, 0.1) is 17.8 Å². The molecule has 6 radical (unpaired) electrons. The van der Waals surface area contributed by atoms with Gasteiger partial charge in [0.05, 0.1) is 35.4 Å². The second kappa shape index (κ2) is 12.5. The molecule has 1 aromatic carbocycles. The maximum Gasteiger partial charge on any atom is 0.426 e. The van der Waals surface area contributed by atoms with Crippen molar-refractivity contribution in [2.75, 3.05) is 5.75 Å². The number of hydrogen-bond acceptors (Lipinski definition) is 6. The molecule has 0 aromatic heterocycles. The molecular weight excluding hydrogens is 498 g/mol. The molecule has 2 rings (SSSR count). The first-order valence-electron chi connectivity index (χ1n) is 11.4. The highest BCUT2D eigenvalue weighted by atomic mass is 32.2. The number of carbonyl (C=O) groups excluding carboxylic acids is 2. The van der Waals surface area contributed by atoms with Gasteiger partial charge in [-0.1, -0.05) is 56.4 Å². The molecule has 0 amide bonds. The highest BCUT2D eigenvalue weighted by Crippen LogP contribution is 2.40. The van der Waals surface area contributed by atoms with Gasteiger partial charge in [-0.15, -0.1) is 0 Å². The van der Waals surface area contributed by atoms with E-state index in [2.05, 4.69) is 4.74 Å². The minimum atomic E-state index is -5.25. The normalized spacial score (nSPS) is 21.5. The van der Waals surface area contributed by atoms with E-state index in [0.717, 1.165) is 0 Å². The second-order valence-electron chi connectivity index (χ2n) is 8.72. The predicted molar refractivity (Wildman–Crippen MR) is 127 cm³/mol. The van der Waals surface area contributed by atoms with Gasteiger partial charge in [0.25, 0.3) is 10.1 Å². The number of alkyl halides is 3. The van der Waals surface area contributed by atoms with E-state index >= 15 is 0 Å². The van der Waals surface area contributed by atoms with Crippen LogP contribution in [-0.4, -0.2) is 66.5 Å². The average Bonchev–Trinajstić information content (AvgIpc) is 2.81. The van der Waals surface area contributed by atoms with Crippen LogP contribution < -0.4 is 4.74 Å². The monoisotopic (exact) mass is 524 g/mol. The SMILES string of the molecule is [B]Cc1cc(C[B])c(OC(=O)C2C(CC)CCCC2C(=O)OC(CS(=O)(=O)O)C(F)(F)F)c(C[B])c1. The third-order valence-electron chi connectivity index (χ3n) is 6.30. The Labute approximate surface area is 212 Å². The van der Waals surface area contributed by atoms with Gasteiger partial charge in [0.15, 0.2) is 0 Å². The van der Waals surface area contributed by atoms with Crippen molar-refractivity contribution in [1.82, 2.24) is 0 Å². The molecule has 0 heterocycles. The fraction of sp³-hybridized carbons (Fsp3) is 0.636. The lowest BCUT2D eigenvalue weighted by Crippen LogP contribution is -2.45. The molecule has 192 valence electrons. The maximum atomic E-state index is 13.4. The molecule has 4 atom stereocenters. The number of benzene rings is 1. The van der Waals surface area contributed by atoms with Gasteiger partial charge in [-0.25, -0.2) is 0 Å². The zero-order chi connectivity index (χ0) is 27.3. The van der Waals surface area contributed by atoms with Gasteiger partial charge >= 0.3 is 18.1 Å². The molecule has 1 saturated carbocycles. The van der Waals surface area contributed by atoms with Crippen LogP contribution in [0.1, 0.15) is 49.3 Å². The number of carbonyl (C=O) groups is 2. The Morgan fingerprint density at radius 3 is 2.11 bits per heavy atom. The smallest absolute Gasteiger partial charge is 0.426 e. The lowest BCUT2D eigenvalue weighted by Gasteiger charge is -2.35. The van der Waals surface area contributed by atoms with Crippen LogP contribution in [0.15, 0.2) is 12.1 Å². The summed E-state index contributed by atoms with van der Waals surface area (Å²) in [5.41, 5.74) is 1.60. The summed E-state index contributed by atoms with van der Waals surface area (Å²) in [5, 5.41) is 0. The highest BCUT2D eigenvalue weighted by Gasteiger charge is 2.49. The third-order valence-corrected chi connectivity index (χ3v) is 7.02. The second-order valence-corrected chi connectivity index (χ2v) is 10.2. The topological polar surface area (TPSA) is 107 Å². The Morgan fingerprint density at radius 2 is 1.67 bits per heavy atom. The van der Waals surface area contributed by atoms with Crippen molar-refractivity contribution < 1.29 is 45.2 Å². The van der Waals surface area contributed by atoms with Crippen LogP contribution in [0.3, 0.4) is 0 Å². The van der Waals surface area contributed by atoms with Gasteiger partial charge in [-0.3, -0.25) is 14.1 Å². The van der Waals surface area contributed by atoms with Crippen molar-refractivity contribution in [2.45, 2.75) is 63.8 Å². The van der Waals surface area contributed by atoms with Gasteiger partial charge in [-0.05, 0) is 29.9 Å². The van der Waals surface area contributed by atoms with Crippen molar-refractivity contribution >= 4 is 45.6 Å². The van der Waals surface area contributed by atoms with Crippen molar-refractivity contribution in [2.24, 2.45) is 17.8 Å². The van der Waals surface area contributed by atoms with Crippen LogP contribution in [-0.2, 0) is 43.4 Å². The van der Waals surface area contributed by atoms with E-state index in [9.17, 15) is 31.2 Å². The summed E-state index contributed by atoms with van der Waals surface area (Å²) in [5.74, 6) is -6.86. The van der Waals surface area contributed by atoms with Crippen LogP contribution in [0.25, 0.3) is 0 Å². The molecular formula is C22H26B3F3O7S. The van der Waals surface area contributed by atoms with Crippen LogP contribution in [0.5, 0.6) is 5.75 Å². The van der Waals surface area contributed by atoms with Gasteiger partial charge in [0.1, 0.15) is 11.5 Å². The van der Waals surface area contributed by atoms with Crippen molar-refractivity contribution in [3.63, 3.8) is 0 Å². The van der Waals surface area contributed by atoms with Gasteiger partial charge in [0.2, 0.25) is 6.10 Å². The summed E-state index contributed by atoms with van der Waals surface area (Å²) in [4.78, 5) is 26.2. The van der Waals surface area contributed by atoms with E-state index < -0.39 is 57.8 Å². The Hall–Kier alpha value is -1.95. The molecule has 1 aromatic rings. The largest absolute Gasteiger partial charge is 0.451 e. The Kier molecular flexibility index (Phi) is 10.5. The van der Waals surface area contributed by atoms with E-state index in [1.165, 1.54) is 0 Å². The van der Waals surface area contributed by atoms with Crippen molar-refractivity contribution in [3.8, 4) is 5.75 Å². The molecule has 7 nitrogen and oxygen atoms in total. The number of hydrogen-bond donors (Lipinski definition) is 1. The fourth-order valence-corrected chi connectivity index (χ4v) is 5.17. The molecule has 1 N–H and O–H groups in total. The van der Waals surface area contributed by atoms with Gasteiger partial charge in [-0.2, -0.15) is 21.6 Å². The zero-order valence-electron chi connectivity index (χ0n) is 19.8. The van der Waals surface area contributed by atoms with Gasteiger partial charge in [0, 0.05) is 0 Å². The maximum absolute atomic E-state index is 13.4. The number of ether oxygens (including phenoxy) is 2. The number of rotatable bonds is 10. The Morgan fingerprint density at radius 1 is 1.08 bits per heavy atom. The fourth-order valence-electron chi connectivity index (χ4n) is 4.53. The quantitative estimate of drug-likeness (QED) is 0.217. The molecule has 1 aliphatic carbocycles. The van der Waals surface area contributed by atoms with E-state index in [1.807, 2.05) is 0 Å². The summed E-state index contributed by atoms with van der Waals surface area (Å²) in [6, 6.07) is 3.30. The molecule has 0 spiro atoms. The van der Waals surface area contributed by atoms with Crippen LogP contribution >= 0.6 is 0 Å². The molecule has 14 heteroatoms. The number of esters is 2. The lowest BCUT2D eigenvalue weighted by molar-refractivity contribution is -0.219. The Bertz CT molecular complexity index is 1020. The average molecular weight is 524 g/mol. The molecule has 0 aliphatic heterocycles. The van der Waals surface area contributed by atoms with E-state index in [4.69, 9.17) is 32.8 Å². The summed E-state index contributed by atoms with van der Waals surface area (Å²) in [6.07, 6.45) is -6.77. The van der Waals surface area contributed by atoms with E-state index in [0.29, 0.717) is 36.0 Å². The first kappa shape index (κ1) is 30.3. The highest BCUT2D eigenvalue weighted by molar-refractivity contribution is 7.85. The summed E-state index contributed by atoms with van der Waals surface area (Å²) in [7, 11) is 12.2. The standard InChI is InChI=1S/C22H26B3F3O7S/c1-2-13-4-3-5-16(20(29)34-17(22(26,27)28)11-36(31,32)33)18(13)21(30)35-19-14(9-24)6-12(8-23)7-15(19)10-25/h6-7,13,16-18H,2-5,8-11H2,1H3,(H,31,32,33). The van der Waals surface area contributed by atoms with E-state index in [-0.39, 0.29) is 31.1 Å². The van der Waals surface area contributed by atoms with E-state index in [1.54, 1.807) is 19.1 Å². The van der Waals surface area contributed by atoms with Crippen molar-refractivity contribution in [1.29, 1.82) is 0 Å². The Balaban J connectivity index is 2.39. The molecule has 0 bridgehead atoms. The molecule has 36 heavy (non-hydrogen) atoms. The molecule has 1 fully saturated rings. The summed E-state index contributed by atoms with van der Waals surface area (Å²) >= 11 is 0. The molecule has 4 unspecified atom stereocenters. The minimum Gasteiger partial charge on any atom is -0.451 e. The van der Waals surface area contributed by atoms with Gasteiger partial charge < -0.3 is 9.47 Å². The van der Waals surface area contributed by atoms with Crippen LogP contribution in [0.2, 0.25) is 0 Å². The van der Waals surface area contributed by atoms with Crippen molar-refractivity contribution in [3.05, 3.63) is 28.8 Å². The third kappa shape index (κ3) is 7.78. The number of halogens is 3. The first-order valence-corrected chi connectivity index (χ1v) is 13.0. The first-order chi connectivity index (χ1) is 16.7. The lowest BCUT2D eigenvalue weighted by atomic mass is 9.71. The summed E-state index contributed by atoms with van der Waals surface area (Å²) in [6.45, 7) is 1.77. The predicted octanol–water partition coefficient (Wildman–Crippen LogP) is 2.40. The molecule has 0 saturated heterocycles. The zero-order valence-corrected chi connectivity index (χ0v) is 20.6.